The fourth-order valence-electron chi connectivity index (χ4n) is 2.40. The van der Waals surface area contributed by atoms with E-state index in [1.165, 1.54) is 0 Å². The summed E-state index contributed by atoms with van der Waals surface area (Å²) in [6, 6.07) is 4.79. The molecule has 0 radical (unpaired) electrons. The van der Waals surface area contributed by atoms with Crippen LogP contribution in [0, 0.1) is 0 Å². The van der Waals surface area contributed by atoms with Gasteiger partial charge in [-0.15, -0.1) is 0 Å². The highest BCUT2D eigenvalue weighted by Gasteiger charge is 2.24. The Bertz CT molecular complexity index is 674. The number of sulfonamides is 1. The molecule has 1 atom stereocenters. The van der Waals surface area contributed by atoms with Gasteiger partial charge in [0, 0.05) is 12.1 Å². The third-order valence-electron chi connectivity index (χ3n) is 3.46. The molecular weight excluding hydrogens is 320 g/mol. The largest absolute Gasteiger partial charge is 0.454 e. The van der Waals surface area contributed by atoms with E-state index in [-0.39, 0.29) is 25.3 Å². The zero-order valence-corrected chi connectivity index (χ0v) is 14.4. The maximum Gasteiger partial charge on any atom is 0.240 e. The zero-order chi connectivity index (χ0) is 17.0. The van der Waals surface area contributed by atoms with Gasteiger partial charge in [0.2, 0.25) is 22.7 Å². The van der Waals surface area contributed by atoms with Crippen LogP contribution in [0.3, 0.4) is 0 Å². The maximum absolute atomic E-state index is 12.1. The maximum atomic E-state index is 12.1. The fraction of sp³-hybridized carbons (Fsp3) is 0.533. The van der Waals surface area contributed by atoms with Crippen LogP contribution < -0.4 is 19.1 Å². The molecule has 0 unspecified atom stereocenters. The predicted molar refractivity (Wildman–Crippen MR) is 87.3 cm³/mol. The van der Waals surface area contributed by atoms with E-state index in [9.17, 15) is 13.2 Å². The molecule has 1 aromatic rings. The first-order chi connectivity index (χ1) is 10.8. The molecule has 1 aliphatic rings. The minimum absolute atomic E-state index is 0.00524. The van der Waals surface area contributed by atoms with Crippen molar-refractivity contribution < 1.29 is 22.7 Å². The van der Waals surface area contributed by atoms with Crippen molar-refractivity contribution in [1.82, 2.24) is 5.32 Å². The summed E-state index contributed by atoms with van der Waals surface area (Å²) in [5.74, 6) is 0.688. The molecule has 8 heteroatoms. The molecule has 0 saturated carbocycles. The van der Waals surface area contributed by atoms with Crippen molar-refractivity contribution in [3.63, 3.8) is 0 Å². The SMILES string of the molecule is CCC[C@@H](C)NC(=O)CN(c1ccc2c(c1)OCO2)S(C)(=O)=O. The summed E-state index contributed by atoms with van der Waals surface area (Å²) in [4.78, 5) is 12.1. The van der Waals surface area contributed by atoms with Crippen LogP contribution in [0.5, 0.6) is 11.5 Å². The van der Waals surface area contributed by atoms with Crippen molar-refractivity contribution in [2.75, 3.05) is 23.9 Å². The summed E-state index contributed by atoms with van der Waals surface area (Å²) >= 11 is 0. The smallest absolute Gasteiger partial charge is 0.240 e. The van der Waals surface area contributed by atoms with Crippen LogP contribution in [0.25, 0.3) is 0 Å². The van der Waals surface area contributed by atoms with E-state index in [0.717, 1.165) is 23.4 Å². The van der Waals surface area contributed by atoms with Gasteiger partial charge in [0.25, 0.3) is 0 Å². The van der Waals surface area contributed by atoms with Gasteiger partial charge >= 0.3 is 0 Å². The van der Waals surface area contributed by atoms with Crippen molar-refractivity contribution in [2.24, 2.45) is 0 Å². The normalized spacial score (nSPS) is 14.4. The Balaban J connectivity index is 2.17. The summed E-state index contributed by atoms with van der Waals surface area (Å²) in [5, 5.41) is 2.80. The second-order valence-corrected chi connectivity index (χ2v) is 7.47. The number of nitrogens with zero attached hydrogens (tertiary/aromatic N) is 1. The molecule has 0 spiro atoms. The Morgan fingerprint density at radius 2 is 2.04 bits per heavy atom. The number of nitrogens with one attached hydrogen (secondary N) is 1. The number of ether oxygens (including phenoxy) is 2. The Morgan fingerprint density at radius 1 is 1.35 bits per heavy atom. The molecule has 0 aromatic heterocycles. The summed E-state index contributed by atoms with van der Waals surface area (Å²) in [6.45, 7) is 3.75. The van der Waals surface area contributed by atoms with Crippen molar-refractivity contribution >= 4 is 21.6 Å². The molecule has 2 rings (SSSR count). The minimum Gasteiger partial charge on any atom is -0.454 e. The van der Waals surface area contributed by atoms with E-state index in [1.54, 1.807) is 18.2 Å². The molecule has 1 N–H and O–H groups in total. The molecular formula is C15H22N2O5S. The van der Waals surface area contributed by atoms with Gasteiger partial charge in [-0.05, 0) is 25.5 Å². The van der Waals surface area contributed by atoms with E-state index < -0.39 is 10.0 Å². The molecule has 1 heterocycles. The molecule has 0 bridgehead atoms. The third-order valence-corrected chi connectivity index (χ3v) is 4.60. The average Bonchev–Trinajstić information content (AvgIpc) is 2.91. The standard InChI is InChI=1S/C15H22N2O5S/c1-4-5-11(2)16-15(18)9-17(23(3,19)20)12-6-7-13-14(8-12)22-10-21-13/h6-8,11H,4-5,9-10H2,1-3H3,(H,16,18)/t11-/m1/s1. The first-order valence-corrected chi connectivity index (χ1v) is 9.32. The molecule has 7 nitrogen and oxygen atoms in total. The topological polar surface area (TPSA) is 84.9 Å². The molecule has 128 valence electrons. The van der Waals surface area contributed by atoms with Crippen molar-refractivity contribution in [2.45, 2.75) is 32.7 Å². The second kappa shape index (κ2) is 7.08. The minimum atomic E-state index is -3.60. The number of fused-ring (bicyclic) bond motifs is 1. The summed E-state index contributed by atoms with van der Waals surface area (Å²) in [6.07, 6.45) is 2.86. The Morgan fingerprint density at radius 3 is 2.70 bits per heavy atom. The van der Waals surface area contributed by atoms with E-state index in [1.807, 2.05) is 13.8 Å². The summed E-state index contributed by atoms with van der Waals surface area (Å²) in [7, 11) is -3.60. The van der Waals surface area contributed by atoms with Crippen LogP contribution >= 0.6 is 0 Å². The van der Waals surface area contributed by atoms with Crippen LogP contribution in [-0.4, -0.2) is 40.0 Å². The van der Waals surface area contributed by atoms with Gasteiger partial charge in [-0.25, -0.2) is 8.42 Å². The number of hydrogen-bond acceptors (Lipinski definition) is 5. The van der Waals surface area contributed by atoms with Crippen molar-refractivity contribution in [3.8, 4) is 11.5 Å². The molecule has 1 aliphatic heterocycles. The van der Waals surface area contributed by atoms with Crippen molar-refractivity contribution in [1.29, 1.82) is 0 Å². The summed E-state index contributed by atoms with van der Waals surface area (Å²) < 4.78 is 35.6. The van der Waals surface area contributed by atoms with Crippen LogP contribution in [0.4, 0.5) is 5.69 Å². The number of carbonyl (C=O) groups is 1. The van der Waals surface area contributed by atoms with Crippen LogP contribution in [0.1, 0.15) is 26.7 Å². The highest BCUT2D eigenvalue weighted by atomic mass is 32.2. The number of carbonyl (C=O) groups excluding carboxylic acids is 1. The van der Waals surface area contributed by atoms with E-state index >= 15 is 0 Å². The van der Waals surface area contributed by atoms with E-state index in [0.29, 0.717) is 17.2 Å². The van der Waals surface area contributed by atoms with Crippen molar-refractivity contribution in [3.05, 3.63) is 18.2 Å². The first-order valence-electron chi connectivity index (χ1n) is 7.48. The summed E-state index contributed by atoms with van der Waals surface area (Å²) in [5.41, 5.74) is 0.370. The average molecular weight is 342 g/mol. The molecule has 1 aromatic carbocycles. The first kappa shape index (κ1) is 17.4. The van der Waals surface area contributed by atoms with Gasteiger partial charge in [0.05, 0.1) is 11.9 Å². The highest BCUT2D eigenvalue weighted by Crippen LogP contribution is 2.35. The zero-order valence-electron chi connectivity index (χ0n) is 13.5. The molecule has 0 fully saturated rings. The van der Waals surface area contributed by atoms with Crippen LogP contribution in [0.15, 0.2) is 18.2 Å². The van der Waals surface area contributed by atoms with E-state index in [4.69, 9.17) is 9.47 Å². The van der Waals surface area contributed by atoms with Gasteiger partial charge in [-0.1, -0.05) is 13.3 Å². The van der Waals surface area contributed by atoms with Gasteiger partial charge in [0.1, 0.15) is 6.54 Å². The Hall–Kier alpha value is -1.96. The Kier molecular flexibility index (Phi) is 5.35. The monoisotopic (exact) mass is 342 g/mol. The molecule has 0 saturated heterocycles. The lowest BCUT2D eigenvalue weighted by molar-refractivity contribution is -0.120. The molecule has 0 aliphatic carbocycles. The lowest BCUT2D eigenvalue weighted by Crippen LogP contribution is -2.43. The fourth-order valence-corrected chi connectivity index (χ4v) is 3.24. The second-order valence-electron chi connectivity index (χ2n) is 5.56. The predicted octanol–water partition coefficient (Wildman–Crippen LogP) is 1.49. The van der Waals surface area contributed by atoms with Crippen LogP contribution in [0.2, 0.25) is 0 Å². The third kappa shape index (κ3) is 4.51. The van der Waals surface area contributed by atoms with E-state index in [2.05, 4.69) is 5.32 Å². The number of amides is 1. The lowest BCUT2D eigenvalue weighted by Gasteiger charge is -2.23. The van der Waals surface area contributed by atoms with Crippen LogP contribution in [-0.2, 0) is 14.8 Å². The van der Waals surface area contributed by atoms with Gasteiger partial charge in [0.15, 0.2) is 11.5 Å². The molecule has 1 amide bonds. The molecule has 23 heavy (non-hydrogen) atoms. The highest BCUT2D eigenvalue weighted by molar-refractivity contribution is 7.92. The number of benzene rings is 1. The van der Waals surface area contributed by atoms with Gasteiger partial charge in [-0.2, -0.15) is 0 Å². The Labute approximate surface area is 136 Å². The number of anilines is 1. The lowest BCUT2D eigenvalue weighted by atomic mass is 10.2. The number of hydrogen-bond donors (Lipinski definition) is 1. The van der Waals surface area contributed by atoms with Gasteiger partial charge in [-0.3, -0.25) is 9.10 Å². The van der Waals surface area contributed by atoms with Gasteiger partial charge < -0.3 is 14.8 Å². The number of rotatable bonds is 7. The quantitative estimate of drug-likeness (QED) is 0.811.